The second-order valence-corrected chi connectivity index (χ2v) is 5.06. The summed E-state index contributed by atoms with van der Waals surface area (Å²) in [6.45, 7) is 0. The zero-order valence-electron chi connectivity index (χ0n) is 9.56. The zero-order valence-corrected chi connectivity index (χ0v) is 9.56. The molecule has 0 aromatic carbocycles. The Balaban J connectivity index is 1.77. The van der Waals surface area contributed by atoms with Crippen molar-refractivity contribution < 1.29 is 9.59 Å². The average molecular weight is 241 g/mol. The largest absolute Gasteiger partial charge is 0.274 e. The van der Waals surface area contributed by atoms with Gasteiger partial charge in [0.2, 0.25) is 17.8 Å². The molecule has 0 spiro atoms. The first kappa shape index (κ1) is 9.94. The van der Waals surface area contributed by atoms with Gasteiger partial charge in [-0.05, 0) is 24.3 Å². The second kappa shape index (κ2) is 3.25. The van der Waals surface area contributed by atoms with E-state index in [-0.39, 0.29) is 41.4 Å². The molecule has 4 rings (SSSR count). The minimum atomic E-state index is -0.184. The average Bonchev–Trinajstić information content (AvgIpc) is 3.05. The number of amides is 2. The minimum absolute atomic E-state index is 0.131. The molecule has 1 saturated heterocycles. The van der Waals surface area contributed by atoms with E-state index < -0.39 is 0 Å². The van der Waals surface area contributed by atoms with Gasteiger partial charge in [0, 0.05) is 12.4 Å². The van der Waals surface area contributed by atoms with E-state index in [1.165, 1.54) is 4.90 Å². The van der Waals surface area contributed by atoms with Crippen molar-refractivity contribution in [3.8, 4) is 0 Å². The molecular formula is C13H11N3O2. The molecule has 1 aromatic heterocycles. The summed E-state index contributed by atoms with van der Waals surface area (Å²) in [7, 11) is 0. The minimum Gasteiger partial charge on any atom is -0.274 e. The number of allylic oxidation sites excluding steroid dienone is 2. The van der Waals surface area contributed by atoms with Gasteiger partial charge in [-0.15, -0.1) is 0 Å². The topological polar surface area (TPSA) is 63.2 Å². The van der Waals surface area contributed by atoms with Crippen molar-refractivity contribution in [1.29, 1.82) is 0 Å². The maximum atomic E-state index is 12.4. The van der Waals surface area contributed by atoms with Crippen LogP contribution in [0.5, 0.6) is 0 Å². The van der Waals surface area contributed by atoms with Gasteiger partial charge in [-0.2, -0.15) is 0 Å². The lowest BCUT2D eigenvalue weighted by molar-refractivity contribution is -0.123. The summed E-state index contributed by atoms with van der Waals surface area (Å²) < 4.78 is 0. The number of carbonyl (C=O) groups is 2. The van der Waals surface area contributed by atoms with Crippen molar-refractivity contribution in [1.82, 2.24) is 9.97 Å². The smallest absolute Gasteiger partial charge is 0.240 e. The van der Waals surface area contributed by atoms with E-state index in [0.717, 1.165) is 6.42 Å². The molecule has 5 heteroatoms. The number of anilines is 1. The highest BCUT2D eigenvalue weighted by Gasteiger charge is 2.60. The van der Waals surface area contributed by atoms with Crippen LogP contribution in [-0.2, 0) is 9.59 Å². The lowest BCUT2D eigenvalue weighted by Gasteiger charge is -2.14. The summed E-state index contributed by atoms with van der Waals surface area (Å²) in [5.41, 5.74) is 0. The van der Waals surface area contributed by atoms with Crippen LogP contribution in [0, 0.1) is 23.7 Å². The van der Waals surface area contributed by atoms with Crippen molar-refractivity contribution in [2.75, 3.05) is 4.90 Å². The Morgan fingerprint density at radius 3 is 2.11 bits per heavy atom. The highest BCUT2D eigenvalue weighted by molar-refractivity contribution is 6.21. The normalized spacial score (nSPS) is 36.6. The van der Waals surface area contributed by atoms with Crippen molar-refractivity contribution in [2.45, 2.75) is 6.42 Å². The van der Waals surface area contributed by atoms with Gasteiger partial charge in [0.05, 0.1) is 11.8 Å². The Hall–Kier alpha value is -2.04. The summed E-state index contributed by atoms with van der Waals surface area (Å²) >= 11 is 0. The fourth-order valence-electron chi connectivity index (χ4n) is 3.51. The molecule has 0 N–H and O–H groups in total. The fraction of sp³-hybridized carbons (Fsp3) is 0.385. The third kappa shape index (κ3) is 1.06. The number of rotatable bonds is 1. The number of fused-ring (bicyclic) bond motifs is 5. The molecule has 2 fully saturated rings. The Morgan fingerprint density at radius 1 is 1.00 bits per heavy atom. The first-order chi connectivity index (χ1) is 8.77. The third-order valence-corrected chi connectivity index (χ3v) is 4.22. The molecule has 2 amide bonds. The predicted octanol–water partition coefficient (Wildman–Crippen LogP) is 0.788. The number of carbonyl (C=O) groups excluding carboxylic acids is 2. The Bertz CT molecular complexity index is 539. The number of imide groups is 1. The van der Waals surface area contributed by atoms with Gasteiger partial charge in [-0.3, -0.25) is 9.59 Å². The van der Waals surface area contributed by atoms with Crippen LogP contribution in [0.15, 0.2) is 30.6 Å². The maximum Gasteiger partial charge on any atom is 0.240 e. The number of nitrogens with zero attached hydrogens (tertiary/aromatic N) is 3. The van der Waals surface area contributed by atoms with Crippen LogP contribution in [0.3, 0.4) is 0 Å². The third-order valence-electron chi connectivity index (χ3n) is 4.22. The number of aromatic nitrogens is 2. The van der Waals surface area contributed by atoms with Crippen molar-refractivity contribution in [3.63, 3.8) is 0 Å². The van der Waals surface area contributed by atoms with Crippen LogP contribution in [0.4, 0.5) is 5.95 Å². The predicted molar refractivity (Wildman–Crippen MR) is 62.2 cm³/mol. The molecule has 0 unspecified atom stereocenters. The maximum absolute atomic E-state index is 12.4. The van der Waals surface area contributed by atoms with Gasteiger partial charge in [-0.25, -0.2) is 14.9 Å². The molecule has 1 aromatic rings. The molecule has 1 saturated carbocycles. The molecule has 90 valence electrons. The molecule has 1 aliphatic heterocycles. The summed E-state index contributed by atoms with van der Waals surface area (Å²) in [5, 5.41) is 0. The molecule has 5 nitrogen and oxygen atoms in total. The highest BCUT2D eigenvalue weighted by atomic mass is 16.2. The molecular weight excluding hydrogens is 230 g/mol. The van der Waals surface area contributed by atoms with Crippen molar-refractivity contribution in [3.05, 3.63) is 30.6 Å². The van der Waals surface area contributed by atoms with Gasteiger partial charge < -0.3 is 0 Å². The summed E-state index contributed by atoms with van der Waals surface area (Å²) in [5.74, 6) is 0.0327. The van der Waals surface area contributed by atoms with Crippen molar-refractivity contribution in [2.24, 2.45) is 23.7 Å². The fourth-order valence-corrected chi connectivity index (χ4v) is 3.51. The van der Waals surface area contributed by atoms with Crippen LogP contribution in [0.1, 0.15) is 6.42 Å². The van der Waals surface area contributed by atoms with Crippen LogP contribution >= 0.6 is 0 Å². The van der Waals surface area contributed by atoms with Crippen LogP contribution in [-0.4, -0.2) is 21.8 Å². The van der Waals surface area contributed by atoms with Gasteiger partial charge in [0.25, 0.3) is 0 Å². The van der Waals surface area contributed by atoms with E-state index in [0.29, 0.717) is 0 Å². The molecule has 4 atom stereocenters. The summed E-state index contributed by atoms with van der Waals surface area (Å²) in [6, 6.07) is 1.67. The van der Waals surface area contributed by atoms with E-state index in [2.05, 4.69) is 22.1 Å². The van der Waals surface area contributed by atoms with E-state index in [1.807, 2.05) is 0 Å². The first-order valence-corrected chi connectivity index (χ1v) is 6.10. The molecule has 0 radical (unpaired) electrons. The molecule has 18 heavy (non-hydrogen) atoms. The summed E-state index contributed by atoms with van der Waals surface area (Å²) in [6.07, 6.45) is 8.18. The summed E-state index contributed by atoms with van der Waals surface area (Å²) in [4.78, 5) is 34.0. The Labute approximate surface area is 104 Å². The zero-order chi connectivity index (χ0) is 12.3. The second-order valence-electron chi connectivity index (χ2n) is 5.06. The van der Waals surface area contributed by atoms with Gasteiger partial charge in [0.15, 0.2) is 0 Å². The molecule has 3 aliphatic rings. The Morgan fingerprint density at radius 2 is 1.56 bits per heavy atom. The van der Waals surface area contributed by atoms with Gasteiger partial charge >= 0.3 is 0 Å². The van der Waals surface area contributed by atoms with Crippen LogP contribution in [0.2, 0.25) is 0 Å². The lowest BCUT2D eigenvalue weighted by Crippen LogP contribution is -2.34. The monoisotopic (exact) mass is 241 g/mol. The molecule has 2 aliphatic carbocycles. The molecule has 2 heterocycles. The molecule has 2 bridgehead atoms. The van der Waals surface area contributed by atoms with Crippen LogP contribution in [0.25, 0.3) is 0 Å². The standard InChI is InChI=1S/C13H11N3O2/c17-11-9-7-2-3-8(6-7)10(9)12(18)16(11)13-14-4-1-5-15-13/h1-5,7-10H,6H2/t7-,8+,9+,10-. The van der Waals surface area contributed by atoms with Crippen molar-refractivity contribution >= 4 is 17.8 Å². The lowest BCUT2D eigenvalue weighted by atomic mass is 9.85. The highest BCUT2D eigenvalue weighted by Crippen LogP contribution is 2.52. The van der Waals surface area contributed by atoms with Crippen LogP contribution < -0.4 is 4.90 Å². The van der Waals surface area contributed by atoms with E-state index in [1.54, 1.807) is 18.5 Å². The van der Waals surface area contributed by atoms with E-state index in [4.69, 9.17) is 0 Å². The number of hydrogen-bond acceptors (Lipinski definition) is 4. The van der Waals surface area contributed by atoms with E-state index in [9.17, 15) is 9.59 Å². The van der Waals surface area contributed by atoms with Gasteiger partial charge in [-0.1, -0.05) is 12.2 Å². The number of hydrogen-bond donors (Lipinski definition) is 0. The van der Waals surface area contributed by atoms with E-state index >= 15 is 0 Å². The SMILES string of the molecule is O=C1[C@@H]2[C@H](C(=O)N1c1ncccn1)[C@H]1C=C[C@@H]2C1. The Kier molecular flexibility index (Phi) is 1.79. The first-order valence-electron chi connectivity index (χ1n) is 6.10. The van der Waals surface area contributed by atoms with Gasteiger partial charge in [0.1, 0.15) is 0 Å². The quantitative estimate of drug-likeness (QED) is 0.538.